The number of urea groups is 1. The summed E-state index contributed by atoms with van der Waals surface area (Å²) in [6, 6.07) is 4.28. The first kappa shape index (κ1) is 16.9. The average molecular weight is 347 g/mol. The van der Waals surface area contributed by atoms with Crippen molar-refractivity contribution in [3.05, 3.63) is 24.2 Å². The molecule has 1 aliphatic carbocycles. The van der Waals surface area contributed by atoms with Gasteiger partial charge in [-0.25, -0.2) is 4.79 Å². The lowest BCUT2D eigenvalue weighted by molar-refractivity contribution is -0.0824. The average Bonchev–Trinajstić information content (AvgIpc) is 3.28. The number of furan rings is 1. The lowest BCUT2D eigenvalue weighted by Gasteiger charge is -2.40. The molecule has 138 valence electrons. The zero-order valence-electron chi connectivity index (χ0n) is 14.9. The van der Waals surface area contributed by atoms with Crippen molar-refractivity contribution in [2.75, 3.05) is 32.8 Å². The number of nitrogens with zero attached hydrogens (tertiary/aromatic N) is 2. The Hall–Kier alpha value is -1.53. The number of carbonyl (C=O) groups is 1. The second-order valence-corrected chi connectivity index (χ2v) is 7.72. The fourth-order valence-corrected chi connectivity index (χ4v) is 4.52. The fraction of sp³-hybridized carbons (Fsp3) is 0.737. The van der Waals surface area contributed by atoms with Gasteiger partial charge in [0.1, 0.15) is 5.76 Å². The second kappa shape index (κ2) is 7.38. The van der Waals surface area contributed by atoms with Crippen LogP contribution in [-0.2, 0) is 11.3 Å². The van der Waals surface area contributed by atoms with E-state index in [1.807, 2.05) is 17.0 Å². The molecule has 6 heteroatoms. The molecule has 4 rings (SSSR count). The Morgan fingerprint density at radius 3 is 2.76 bits per heavy atom. The molecule has 6 nitrogen and oxygen atoms in total. The molecule has 0 radical (unpaired) electrons. The van der Waals surface area contributed by atoms with Gasteiger partial charge in [-0.3, -0.25) is 4.90 Å². The maximum absolute atomic E-state index is 12.6. The van der Waals surface area contributed by atoms with Crippen LogP contribution >= 0.6 is 0 Å². The third kappa shape index (κ3) is 4.01. The predicted octanol–water partition coefficient (Wildman–Crippen LogP) is 2.60. The monoisotopic (exact) mass is 347 g/mol. The van der Waals surface area contributed by atoms with Crippen LogP contribution in [-0.4, -0.2) is 60.3 Å². The van der Waals surface area contributed by atoms with E-state index in [0.717, 1.165) is 70.8 Å². The van der Waals surface area contributed by atoms with Gasteiger partial charge in [-0.2, -0.15) is 0 Å². The molecule has 3 heterocycles. The van der Waals surface area contributed by atoms with Crippen LogP contribution in [0.25, 0.3) is 0 Å². The van der Waals surface area contributed by atoms with E-state index in [-0.39, 0.29) is 17.7 Å². The number of ether oxygens (including phenoxy) is 1. The van der Waals surface area contributed by atoms with Crippen molar-refractivity contribution in [2.45, 2.75) is 56.7 Å². The zero-order chi connectivity index (χ0) is 17.1. The highest BCUT2D eigenvalue weighted by molar-refractivity contribution is 5.74. The quantitative estimate of drug-likeness (QED) is 0.913. The Morgan fingerprint density at radius 1 is 1.24 bits per heavy atom. The van der Waals surface area contributed by atoms with E-state index in [2.05, 4.69) is 10.2 Å². The molecular weight excluding hydrogens is 318 g/mol. The molecule has 0 aromatic carbocycles. The third-order valence-corrected chi connectivity index (χ3v) is 5.95. The molecule has 1 aromatic rings. The Morgan fingerprint density at radius 2 is 2.04 bits per heavy atom. The largest absolute Gasteiger partial charge is 0.468 e. The van der Waals surface area contributed by atoms with Crippen molar-refractivity contribution < 1.29 is 13.9 Å². The van der Waals surface area contributed by atoms with E-state index in [0.29, 0.717) is 0 Å². The van der Waals surface area contributed by atoms with Gasteiger partial charge in [-0.05, 0) is 37.8 Å². The van der Waals surface area contributed by atoms with E-state index < -0.39 is 0 Å². The number of hydrogen-bond acceptors (Lipinski definition) is 4. The van der Waals surface area contributed by atoms with Crippen molar-refractivity contribution in [3.63, 3.8) is 0 Å². The molecule has 1 N–H and O–H groups in total. The smallest absolute Gasteiger partial charge is 0.317 e. The van der Waals surface area contributed by atoms with Crippen LogP contribution in [0.3, 0.4) is 0 Å². The summed E-state index contributed by atoms with van der Waals surface area (Å²) in [7, 11) is 0. The fourth-order valence-electron chi connectivity index (χ4n) is 4.52. The molecular formula is C19H29N3O3. The summed E-state index contributed by atoms with van der Waals surface area (Å²) in [5, 5.41) is 3.27. The first-order valence-electron chi connectivity index (χ1n) is 9.67. The maximum Gasteiger partial charge on any atom is 0.317 e. The molecule has 25 heavy (non-hydrogen) atoms. The van der Waals surface area contributed by atoms with Crippen LogP contribution < -0.4 is 5.32 Å². The van der Waals surface area contributed by atoms with Crippen LogP contribution in [0.4, 0.5) is 4.79 Å². The summed E-state index contributed by atoms with van der Waals surface area (Å²) in [5.74, 6) is 0.988. The lowest BCUT2D eigenvalue weighted by atomic mass is 9.89. The van der Waals surface area contributed by atoms with Gasteiger partial charge in [-0.15, -0.1) is 0 Å². The second-order valence-electron chi connectivity index (χ2n) is 7.72. The van der Waals surface area contributed by atoms with Gasteiger partial charge in [-0.1, -0.05) is 12.8 Å². The minimum atomic E-state index is 0.0535. The minimum absolute atomic E-state index is 0.0535. The normalized spacial score (nSPS) is 26.9. The van der Waals surface area contributed by atoms with Crippen LogP contribution in [0.1, 0.15) is 44.3 Å². The van der Waals surface area contributed by atoms with Gasteiger partial charge in [0.2, 0.25) is 0 Å². The number of rotatable bonds is 3. The van der Waals surface area contributed by atoms with E-state index in [1.54, 1.807) is 6.26 Å². The van der Waals surface area contributed by atoms with Crippen molar-refractivity contribution in [1.29, 1.82) is 0 Å². The molecule has 2 amide bonds. The van der Waals surface area contributed by atoms with Crippen molar-refractivity contribution in [1.82, 2.24) is 15.1 Å². The van der Waals surface area contributed by atoms with Crippen LogP contribution in [0.5, 0.6) is 0 Å². The van der Waals surface area contributed by atoms with Gasteiger partial charge >= 0.3 is 6.03 Å². The summed E-state index contributed by atoms with van der Waals surface area (Å²) in [4.78, 5) is 16.9. The number of carbonyl (C=O) groups excluding carboxylic acids is 1. The van der Waals surface area contributed by atoms with Crippen molar-refractivity contribution >= 4 is 6.03 Å². The first-order chi connectivity index (χ1) is 12.2. The van der Waals surface area contributed by atoms with E-state index >= 15 is 0 Å². The zero-order valence-corrected chi connectivity index (χ0v) is 14.9. The Bertz CT molecular complexity index is 560. The molecule has 2 saturated heterocycles. The highest BCUT2D eigenvalue weighted by Crippen LogP contribution is 2.39. The highest BCUT2D eigenvalue weighted by Gasteiger charge is 2.40. The standard InChI is InChI=1S/C19H29N3O3/c23-18(20-16-5-13-25-19(14-16)6-1-2-7-19)22-10-8-21(9-11-22)15-17-4-3-12-24-17/h3-4,12,16H,1-2,5-11,13-15H2,(H,20,23). The van der Waals surface area contributed by atoms with Gasteiger partial charge in [0.25, 0.3) is 0 Å². The molecule has 1 unspecified atom stereocenters. The van der Waals surface area contributed by atoms with E-state index in [9.17, 15) is 4.79 Å². The van der Waals surface area contributed by atoms with Gasteiger partial charge in [0.05, 0.1) is 18.4 Å². The van der Waals surface area contributed by atoms with E-state index in [4.69, 9.17) is 9.15 Å². The number of piperazine rings is 1. The molecule has 1 atom stereocenters. The Kier molecular flexibility index (Phi) is 4.99. The van der Waals surface area contributed by atoms with Gasteiger partial charge in [0, 0.05) is 38.8 Å². The van der Waals surface area contributed by atoms with E-state index in [1.165, 1.54) is 12.8 Å². The minimum Gasteiger partial charge on any atom is -0.468 e. The highest BCUT2D eigenvalue weighted by atomic mass is 16.5. The summed E-state index contributed by atoms with van der Waals surface area (Å²) >= 11 is 0. The summed E-state index contributed by atoms with van der Waals surface area (Å²) < 4.78 is 11.5. The number of hydrogen-bond donors (Lipinski definition) is 1. The molecule has 2 aliphatic heterocycles. The number of nitrogens with one attached hydrogen (secondary N) is 1. The van der Waals surface area contributed by atoms with Gasteiger partial charge < -0.3 is 19.4 Å². The molecule has 3 fully saturated rings. The topological polar surface area (TPSA) is 58.0 Å². The van der Waals surface area contributed by atoms with Crippen molar-refractivity contribution in [3.8, 4) is 0 Å². The molecule has 1 spiro atoms. The SMILES string of the molecule is O=C(NC1CCOC2(CCCC2)C1)N1CCN(Cc2ccco2)CC1. The lowest BCUT2D eigenvalue weighted by Crippen LogP contribution is -2.55. The third-order valence-electron chi connectivity index (χ3n) is 5.95. The summed E-state index contributed by atoms with van der Waals surface area (Å²) in [5.41, 5.74) is 0.0535. The Balaban J connectivity index is 1.23. The predicted molar refractivity (Wildman–Crippen MR) is 94.3 cm³/mol. The molecule has 0 bridgehead atoms. The van der Waals surface area contributed by atoms with Crippen LogP contribution in [0.15, 0.2) is 22.8 Å². The van der Waals surface area contributed by atoms with Crippen LogP contribution in [0.2, 0.25) is 0 Å². The number of amides is 2. The summed E-state index contributed by atoms with van der Waals surface area (Å²) in [6.45, 7) is 4.95. The maximum atomic E-state index is 12.6. The summed E-state index contributed by atoms with van der Waals surface area (Å²) in [6.07, 6.45) is 8.47. The Labute approximate surface area is 149 Å². The molecule has 1 aromatic heterocycles. The van der Waals surface area contributed by atoms with Gasteiger partial charge in [0.15, 0.2) is 0 Å². The van der Waals surface area contributed by atoms with Crippen LogP contribution in [0, 0.1) is 0 Å². The molecule has 3 aliphatic rings. The molecule has 1 saturated carbocycles. The van der Waals surface area contributed by atoms with Crippen molar-refractivity contribution in [2.24, 2.45) is 0 Å². The first-order valence-corrected chi connectivity index (χ1v) is 9.67.